The molecule has 0 saturated heterocycles. The number of fused-ring (bicyclic) bond motifs is 1. The molecular formula is C44H39N7O2. The van der Waals surface area contributed by atoms with Crippen LogP contribution in [0.25, 0.3) is 10.9 Å². The Morgan fingerprint density at radius 1 is 0.698 bits per heavy atom. The van der Waals surface area contributed by atoms with E-state index in [1.54, 1.807) is 12.1 Å². The Bertz CT molecular complexity index is 2350. The minimum atomic E-state index is -0.621. The van der Waals surface area contributed by atoms with Gasteiger partial charge in [0.25, 0.3) is 5.69 Å². The number of hydrogen-bond acceptors (Lipinski definition) is 5. The van der Waals surface area contributed by atoms with E-state index in [9.17, 15) is 10.1 Å². The highest BCUT2D eigenvalue weighted by Crippen LogP contribution is 2.40. The smallest absolute Gasteiger partial charge is 0.269 e. The third-order valence-corrected chi connectivity index (χ3v) is 10.1. The molecule has 5 aromatic carbocycles. The van der Waals surface area contributed by atoms with Gasteiger partial charge >= 0.3 is 0 Å². The summed E-state index contributed by atoms with van der Waals surface area (Å²) in [5, 5.41) is 22.0. The lowest BCUT2D eigenvalue weighted by atomic mass is 9.77. The van der Waals surface area contributed by atoms with Crippen molar-refractivity contribution in [3.63, 3.8) is 0 Å². The molecular weight excluding hydrogens is 659 g/mol. The summed E-state index contributed by atoms with van der Waals surface area (Å²) in [7, 11) is 0. The van der Waals surface area contributed by atoms with E-state index < -0.39 is 5.54 Å². The molecule has 0 aliphatic carbocycles. The van der Waals surface area contributed by atoms with Crippen LogP contribution < -0.4 is 0 Å². The lowest BCUT2D eigenvalue weighted by Crippen LogP contribution is -2.36. The molecule has 262 valence electrons. The third kappa shape index (κ3) is 6.77. The standard InChI is InChI=1S/C44H39N7O2/c52-51(53)39-22-12-14-33(28-39)29-43-48-47-42(26-25-34-30-45-41-24-11-10-23-40(34)41)50(43)27-13-21-38-31-49(32-46-38)44(35-15-4-1-5-16-35,36-17-6-2-7-18-36)37-19-8-3-9-20-37/h1-12,14-20,22-24,28,30-32,45H,13,21,25-27,29H2. The Labute approximate surface area is 307 Å². The highest BCUT2D eigenvalue weighted by atomic mass is 16.6. The summed E-state index contributed by atoms with van der Waals surface area (Å²) in [6.07, 6.45) is 9.75. The highest BCUT2D eigenvalue weighted by Gasteiger charge is 2.38. The van der Waals surface area contributed by atoms with Gasteiger partial charge in [-0.1, -0.05) is 121 Å². The first kappa shape index (κ1) is 33.5. The van der Waals surface area contributed by atoms with E-state index in [4.69, 9.17) is 4.98 Å². The second-order valence-corrected chi connectivity index (χ2v) is 13.3. The molecule has 0 amide bonds. The van der Waals surface area contributed by atoms with Gasteiger partial charge in [0.2, 0.25) is 0 Å². The number of imidazole rings is 1. The van der Waals surface area contributed by atoms with E-state index in [0.29, 0.717) is 19.4 Å². The Hall–Kier alpha value is -6.61. The number of nitro groups is 1. The topological polar surface area (TPSA) is 107 Å². The fourth-order valence-corrected chi connectivity index (χ4v) is 7.57. The Balaban J connectivity index is 1.08. The van der Waals surface area contributed by atoms with Gasteiger partial charge in [0, 0.05) is 54.8 Å². The molecule has 8 rings (SSSR count). The largest absolute Gasteiger partial charge is 0.361 e. The van der Waals surface area contributed by atoms with Crippen LogP contribution in [0.2, 0.25) is 0 Å². The summed E-state index contributed by atoms with van der Waals surface area (Å²) in [6, 6.07) is 46.9. The van der Waals surface area contributed by atoms with Crippen LogP contribution in [0.4, 0.5) is 5.69 Å². The summed E-state index contributed by atoms with van der Waals surface area (Å²) in [4.78, 5) is 19.5. The van der Waals surface area contributed by atoms with Crippen molar-refractivity contribution in [2.75, 3.05) is 0 Å². The number of aromatic amines is 1. The second kappa shape index (κ2) is 14.9. The zero-order chi connectivity index (χ0) is 36.0. The molecule has 53 heavy (non-hydrogen) atoms. The molecule has 0 bridgehead atoms. The van der Waals surface area contributed by atoms with Gasteiger partial charge in [-0.25, -0.2) is 4.98 Å². The first-order valence-electron chi connectivity index (χ1n) is 18.0. The quantitative estimate of drug-likeness (QED) is 0.0695. The number of nitrogens with one attached hydrogen (secondary N) is 1. The van der Waals surface area contributed by atoms with Gasteiger partial charge < -0.3 is 14.1 Å². The average molecular weight is 698 g/mol. The number of H-pyrrole nitrogens is 1. The zero-order valence-corrected chi connectivity index (χ0v) is 29.3. The molecule has 9 nitrogen and oxygen atoms in total. The van der Waals surface area contributed by atoms with E-state index in [0.717, 1.165) is 64.4 Å². The number of aryl methyl sites for hydroxylation is 3. The van der Waals surface area contributed by atoms with Crippen LogP contribution in [0.3, 0.4) is 0 Å². The zero-order valence-electron chi connectivity index (χ0n) is 29.3. The number of para-hydroxylation sites is 1. The van der Waals surface area contributed by atoms with Gasteiger partial charge in [-0.05, 0) is 53.1 Å². The SMILES string of the molecule is O=[N+]([O-])c1cccc(Cc2nnc(CCc3c[nH]c4ccccc34)n2CCCc2cn(C(c3ccccc3)(c3ccccc3)c3ccccc3)cn2)c1. The molecule has 0 saturated carbocycles. The number of benzene rings is 5. The third-order valence-electron chi connectivity index (χ3n) is 10.1. The van der Waals surface area contributed by atoms with E-state index in [2.05, 4.69) is 146 Å². The molecule has 0 aliphatic rings. The van der Waals surface area contributed by atoms with Gasteiger partial charge in [-0.15, -0.1) is 10.2 Å². The summed E-state index contributed by atoms with van der Waals surface area (Å²) in [5.74, 6) is 1.69. The first-order valence-corrected chi connectivity index (χ1v) is 18.0. The normalized spacial score (nSPS) is 11.6. The minimum absolute atomic E-state index is 0.0706. The van der Waals surface area contributed by atoms with Crippen LogP contribution >= 0.6 is 0 Å². The maximum Gasteiger partial charge on any atom is 0.269 e. The van der Waals surface area contributed by atoms with Crippen LogP contribution in [0.5, 0.6) is 0 Å². The van der Waals surface area contributed by atoms with Crippen LogP contribution in [-0.2, 0) is 37.8 Å². The molecule has 8 aromatic rings. The number of hydrogen-bond donors (Lipinski definition) is 1. The van der Waals surface area contributed by atoms with Crippen LogP contribution in [0.1, 0.15) is 51.6 Å². The number of non-ortho nitro benzene ring substituents is 1. The number of rotatable bonds is 14. The molecule has 3 heterocycles. The molecule has 0 atom stereocenters. The van der Waals surface area contributed by atoms with Crippen molar-refractivity contribution in [2.24, 2.45) is 0 Å². The van der Waals surface area contributed by atoms with Crippen molar-refractivity contribution >= 4 is 16.6 Å². The predicted octanol–water partition coefficient (Wildman–Crippen LogP) is 8.71. The summed E-state index contributed by atoms with van der Waals surface area (Å²) >= 11 is 0. The summed E-state index contributed by atoms with van der Waals surface area (Å²) < 4.78 is 4.45. The molecule has 0 unspecified atom stereocenters. The number of nitro benzene ring substituents is 1. The maximum atomic E-state index is 11.5. The van der Waals surface area contributed by atoms with Crippen molar-refractivity contribution in [3.8, 4) is 0 Å². The molecule has 0 fully saturated rings. The highest BCUT2D eigenvalue weighted by molar-refractivity contribution is 5.83. The van der Waals surface area contributed by atoms with Crippen molar-refractivity contribution in [2.45, 2.75) is 44.2 Å². The van der Waals surface area contributed by atoms with E-state index >= 15 is 0 Å². The molecule has 3 aromatic heterocycles. The molecule has 9 heteroatoms. The van der Waals surface area contributed by atoms with Gasteiger partial charge in [0.15, 0.2) is 0 Å². The minimum Gasteiger partial charge on any atom is -0.361 e. The van der Waals surface area contributed by atoms with Crippen molar-refractivity contribution < 1.29 is 4.92 Å². The second-order valence-electron chi connectivity index (χ2n) is 13.3. The maximum absolute atomic E-state index is 11.5. The lowest BCUT2D eigenvalue weighted by Gasteiger charge is -2.37. The molecule has 0 spiro atoms. The Kier molecular flexibility index (Phi) is 9.45. The van der Waals surface area contributed by atoms with Crippen molar-refractivity contribution in [3.05, 3.63) is 214 Å². The predicted molar refractivity (Wildman–Crippen MR) is 207 cm³/mol. The Morgan fingerprint density at radius 2 is 1.34 bits per heavy atom. The van der Waals surface area contributed by atoms with Crippen molar-refractivity contribution in [1.29, 1.82) is 0 Å². The fraction of sp³-hybridized carbons (Fsp3) is 0.159. The first-order chi connectivity index (χ1) is 26.1. The monoisotopic (exact) mass is 697 g/mol. The number of aromatic nitrogens is 6. The van der Waals surface area contributed by atoms with Crippen LogP contribution in [0, 0.1) is 10.1 Å². The van der Waals surface area contributed by atoms with Gasteiger partial charge in [0.1, 0.15) is 17.2 Å². The van der Waals surface area contributed by atoms with Gasteiger partial charge in [-0.2, -0.15) is 0 Å². The fourth-order valence-electron chi connectivity index (χ4n) is 7.57. The van der Waals surface area contributed by atoms with Crippen LogP contribution in [0.15, 0.2) is 158 Å². The summed E-state index contributed by atoms with van der Waals surface area (Å²) in [6.45, 7) is 0.689. The molecule has 0 radical (unpaired) electrons. The lowest BCUT2D eigenvalue weighted by molar-refractivity contribution is -0.384. The van der Waals surface area contributed by atoms with Crippen molar-refractivity contribution in [1.82, 2.24) is 29.3 Å². The van der Waals surface area contributed by atoms with Crippen LogP contribution in [-0.4, -0.2) is 34.2 Å². The Morgan fingerprint density at radius 3 is 2.02 bits per heavy atom. The number of nitrogens with zero attached hydrogens (tertiary/aromatic N) is 6. The molecule has 0 aliphatic heterocycles. The van der Waals surface area contributed by atoms with E-state index in [1.807, 2.05) is 18.5 Å². The van der Waals surface area contributed by atoms with Gasteiger partial charge in [-0.3, -0.25) is 10.1 Å². The molecule has 1 N–H and O–H groups in total. The van der Waals surface area contributed by atoms with E-state index in [1.165, 1.54) is 17.0 Å². The van der Waals surface area contributed by atoms with Gasteiger partial charge in [0.05, 0.1) is 16.9 Å². The average Bonchev–Trinajstić information content (AvgIpc) is 3.95. The summed E-state index contributed by atoms with van der Waals surface area (Å²) in [5.41, 5.74) is 7.07. The van der Waals surface area contributed by atoms with E-state index in [-0.39, 0.29) is 10.6 Å².